The summed E-state index contributed by atoms with van der Waals surface area (Å²) in [4.78, 5) is 16.5. The van der Waals surface area contributed by atoms with Gasteiger partial charge in [0.1, 0.15) is 5.69 Å². The van der Waals surface area contributed by atoms with E-state index >= 15 is 0 Å². The molecular formula is C18H21F3N4O. The Morgan fingerprint density at radius 2 is 2.08 bits per heavy atom. The van der Waals surface area contributed by atoms with Crippen LogP contribution < -0.4 is 5.32 Å². The summed E-state index contributed by atoms with van der Waals surface area (Å²) in [5.74, 6) is 1.49. The van der Waals surface area contributed by atoms with Crippen molar-refractivity contribution in [2.45, 2.75) is 45.2 Å². The smallest absolute Gasteiger partial charge is 0.350 e. The highest BCUT2D eigenvalue weighted by molar-refractivity contribution is 5.93. The fourth-order valence-electron chi connectivity index (χ4n) is 4.67. The maximum absolute atomic E-state index is 13.2. The number of rotatable bonds is 3. The molecule has 26 heavy (non-hydrogen) atoms. The van der Waals surface area contributed by atoms with Gasteiger partial charge in [-0.2, -0.15) is 18.3 Å². The van der Waals surface area contributed by atoms with Crippen molar-refractivity contribution in [3.8, 4) is 0 Å². The molecule has 140 valence electrons. The van der Waals surface area contributed by atoms with Gasteiger partial charge in [-0.25, -0.2) is 9.50 Å². The number of hydrogen-bond acceptors (Lipinski definition) is 3. The van der Waals surface area contributed by atoms with Crippen molar-refractivity contribution in [2.24, 2.45) is 17.8 Å². The van der Waals surface area contributed by atoms with Crippen molar-refractivity contribution in [1.82, 2.24) is 19.9 Å². The minimum absolute atomic E-state index is 0.0270. The molecule has 2 aliphatic carbocycles. The molecule has 1 N–H and O–H groups in total. The van der Waals surface area contributed by atoms with Gasteiger partial charge in [-0.15, -0.1) is 0 Å². The van der Waals surface area contributed by atoms with E-state index in [-0.39, 0.29) is 17.0 Å². The molecule has 0 radical (unpaired) electrons. The lowest BCUT2D eigenvalue weighted by molar-refractivity contribution is -0.142. The summed E-state index contributed by atoms with van der Waals surface area (Å²) >= 11 is 0. The van der Waals surface area contributed by atoms with Gasteiger partial charge in [-0.1, -0.05) is 12.8 Å². The van der Waals surface area contributed by atoms with Crippen molar-refractivity contribution in [2.75, 3.05) is 6.54 Å². The van der Waals surface area contributed by atoms with E-state index in [0.29, 0.717) is 22.9 Å². The number of amides is 1. The number of hydrogen-bond donors (Lipinski definition) is 1. The van der Waals surface area contributed by atoms with Crippen LogP contribution in [0.1, 0.15) is 54.0 Å². The quantitative estimate of drug-likeness (QED) is 0.903. The number of alkyl halides is 3. The number of aromatic nitrogens is 3. The average molecular weight is 366 g/mol. The van der Waals surface area contributed by atoms with Gasteiger partial charge in [0, 0.05) is 18.3 Å². The number of carbonyl (C=O) groups is 1. The Labute approximate surface area is 149 Å². The zero-order valence-corrected chi connectivity index (χ0v) is 14.5. The van der Waals surface area contributed by atoms with Crippen molar-refractivity contribution in [1.29, 1.82) is 0 Å². The Hall–Kier alpha value is -2.12. The van der Waals surface area contributed by atoms with Crippen LogP contribution in [-0.2, 0) is 6.18 Å². The molecule has 0 aliphatic heterocycles. The highest BCUT2D eigenvalue weighted by Crippen LogP contribution is 2.47. The molecule has 2 saturated carbocycles. The molecule has 2 aliphatic rings. The van der Waals surface area contributed by atoms with Gasteiger partial charge in [0.15, 0.2) is 11.3 Å². The minimum atomic E-state index is -4.56. The summed E-state index contributed by atoms with van der Waals surface area (Å²) in [6, 6.07) is 2.24. The summed E-state index contributed by atoms with van der Waals surface area (Å²) in [6.45, 7) is 2.05. The first-order valence-corrected chi connectivity index (χ1v) is 9.06. The van der Waals surface area contributed by atoms with E-state index in [2.05, 4.69) is 15.4 Å². The highest BCUT2D eigenvalue weighted by Gasteiger charge is 2.39. The van der Waals surface area contributed by atoms with Crippen LogP contribution in [0.2, 0.25) is 0 Å². The number of nitrogens with zero attached hydrogens (tertiary/aromatic N) is 3. The van der Waals surface area contributed by atoms with Gasteiger partial charge in [0.2, 0.25) is 0 Å². The van der Waals surface area contributed by atoms with Crippen molar-refractivity contribution < 1.29 is 18.0 Å². The largest absolute Gasteiger partial charge is 0.433 e. The fraction of sp³-hybridized carbons (Fsp3) is 0.611. The van der Waals surface area contributed by atoms with Crippen LogP contribution >= 0.6 is 0 Å². The maximum Gasteiger partial charge on any atom is 0.433 e. The van der Waals surface area contributed by atoms with Crippen LogP contribution in [0.25, 0.3) is 5.65 Å². The van der Waals surface area contributed by atoms with E-state index in [0.717, 1.165) is 18.4 Å². The average Bonchev–Trinajstić information content (AvgIpc) is 3.26. The maximum atomic E-state index is 13.2. The van der Waals surface area contributed by atoms with Gasteiger partial charge in [0.05, 0.1) is 0 Å². The van der Waals surface area contributed by atoms with Crippen molar-refractivity contribution in [3.05, 3.63) is 29.2 Å². The molecule has 8 heteroatoms. The summed E-state index contributed by atoms with van der Waals surface area (Å²) in [5, 5.41) is 6.72. The molecule has 0 unspecified atom stereocenters. The molecule has 0 saturated heterocycles. The van der Waals surface area contributed by atoms with Crippen LogP contribution in [0.3, 0.4) is 0 Å². The molecule has 4 rings (SSSR count). The predicted molar refractivity (Wildman–Crippen MR) is 88.6 cm³/mol. The minimum Gasteiger partial charge on any atom is -0.350 e. The Morgan fingerprint density at radius 3 is 2.85 bits per heavy atom. The number of nitrogens with one attached hydrogen (secondary N) is 1. The third kappa shape index (κ3) is 3.05. The molecule has 2 fully saturated rings. The third-order valence-electron chi connectivity index (χ3n) is 5.83. The molecule has 2 heterocycles. The molecule has 0 aromatic carbocycles. The lowest BCUT2D eigenvalue weighted by Gasteiger charge is -2.18. The second kappa shape index (κ2) is 6.25. The second-order valence-electron chi connectivity index (χ2n) is 7.48. The van der Waals surface area contributed by atoms with Gasteiger partial charge < -0.3 is 5.32 Å². The van der Waals surface area contributed by atoms with E-state index in [4.69, 9.17) is 0 Å². The van der Waals surface area contributed by atoms with Crippen molar-refractivity contribution in [3.63, 3.8) is 0 Å². The zero-order chi connectivity index (χ0) is 18.5. The molecule has 0 bridgehead atoms. The topological polar surface area (TPSA) is 59.3 Å². The fourth-order valence-corrected chi connectivity index (χ4v) is 4.67. The molecule has 5 nitrogen and oxygen atoms in total. The van der Waals surface area contributed by atoms with E-state index in [9.17, 15) is 18.0 Å². The summed E-state index contributed by atoms with van der Waals surface area (Å²) in [5.41, 5.74) is -0.702. The van der Waals surface area contributed by atoms with Crippen molar-refractivity contribution >= 4 is 11.6 Å². The van der Waals surface area contributed by atoms with Gasteiger partial charge in [-0.3, -0.25) is 4.79 Å². The lowest BCUT2D eigenvalue weighted by Crippen LogP contribution is -2.31. The Morgan fingerprint density at radius 1 is 1.27 bits per heavy atom. The lowest BCUT2D eigenvalue weighted by atomic mass is 9.92. The monoisotopic (exact) mass is 366 g/mol. The number of fused-ring (bicyclic) bond motifs is 2. The van der Waals surface area contributed by atoms with Crippen LogP contribution in [0.5, 0.6) is 0 Å². The molecule has 2 aromatic rings. The highest BCUT2D eigenvalue weighted by atomic mass is 19.4. The summed E-state index contributed by atoms with van der Waals surface area (Å²) in [6.07, 6.45) is 1.53. The first-order valence-electron chi connectivity index (χ1n) is 9.06. The summed E-state index contributed by atoms with van der Waals surface area (Å²) < 4.78 is 40.3. The Bertz CT molecular complexity index is 845. The number of halogens is 3. The van der Waals surface area contributed by atoms with E-state index in [1.54, 1.807) is 0 Å². The number of aryl methyl sites for hydroxylation is 1. The van der Waals surface area contributed by atoms with Gasteiger partial charge >= 0.3 is 6.18 Å². The predicted octanol–water partition coefficient (Wildman–Crippen LogP) is 3.61. The Balaban J connectivity index is 1.52. The van der Waals surface area contributed by atoms with E-state index < -0.39 is 17.8 Å². The molecule has 0 spiro atoms. The van der Waals surface area contributed by atoms with Crippen LogP contribution in [-0.4, -0.2) is 27.0 Å². The molecular weight excluding hydrogens is 345 g/mol. The molecule has 1 amide bonds. The van der Waals surface area contributed by atoms with Crippen LogP contribution in [0.15, 0.2) is 12.1 Å². The second-order valence-corrected chi connectivity index (χ2v) is 7.48. The standard InChI is InChI=1S/C18H21F3N4O/c1-10-7-15(18(19,20)21)25-16(23-10)8-14(24-25)17(26)22-9-12-6-5-11-3-2-4-13(11)12/h7-8,11-13H,2-6,9H2,1H3,(H,22,26)/t11-,12+,13-/m0/s1. The van der Waals surface area contributed by atoms with Gasteiger partial charge in [-0.05, 0) is 50.0 Å². The zero-order valence-electron chi connectivity index (χ0n) is 14.5. The van der Waals surface area contributed by atoms with Crippen LogP contribution in [0.4, 0.5) is 13.2 Å². The van der Waals surface area contributed by atoms with E-state index in [1.165, 1.54) is 38.7 Å². The normalized spacial score (nSPS) is 25.6. The Kier molecular flexibility index (Phi) is 4.16. The third-order valence-corrected chi connectivity index (χ3v) is 5.83. The van der Waals surface area contributed by atoms with Gasteiger partial charge in [0.25, 0.3) is 5.91 Å². The first kappa shape index (κ1) is 17.3. The van der Waals surface area contributed by atoms with E-state index in [1.807, 2.05) is 0 Å². The number of carbonyl (C=O) groups excluding carboxylic acids is 1. The summed E-state index contributed by atoms with van der Waals surface area (Å²) in [7, 11) is 0. The first-order chi connectivity index (χ1) is 12.3. The molecule has 3 atom stereocenters. The molecule has 2 aromatic heterocycles. The SMILES string of the molecule is Cc1cc(C(F)(F)F)n2nc(C(=O)NC[C@H]3CC[C@@H]4CCC[C@@H]43)cc2n1. The van der Waals surface area contributed by atoms with Crippen LogP contribution in [0, 0.1) is 24.7 Å².